The molecular weight excluding hydrogens is 322 g/mol. The molecule has 0 amide bonds. The largest absolute Gasteiger partial charge is 0.252 e. The van der Waals surface area contributed by atoms with Crippen molar-refractivity contribution in [1.29, 1.82) is 0 Å². The van der Waals surface area contributed by atoms with Crippen LogP contribution in [0.1, 0.15) is 32.1 Å². The van der Waals surface area contributed by atoms with Crippen LogP contribution in [0.15, 0.2) is 20.1 Å². The van der Waals surface area contributed by atoms with Crippen LogP contribution in [0.4, 0.5) is 0 Å². The van der Waals surface area contributed by atoms with Crippen LogP contribution in [-0.2, 0) is 10.0 Å². The average molecular weight is 338 g/mol. The molecule has 0 aromatic carbocycles. The van der Waals surface area contributed by atoms with E-state index in [4.69, 9.17) is 0 Å². The lowest BCUT2D eigenvalue weighted by molar-refractivity contribution is 0.365. The molecule has 0 N–H and O–H groups in total. The minimum Gasteiger partial charge on any atom is -0.206 e. The second-order valence-corrected chi connectivity index (χ2v) is 8.86. The fourth-order valence-corrected chi connectivity index (χ4v) is 5.70. The van der Waals surface area contributed by atoms with E-state index >= 15 is 0 Å². The molecule has 0 saturated carbocycles. The summed E-state index contributed by atoms with van der Waals surface area (Å²) in [5, 5.41) is 0. The molecule has 96 valence electrons. The maximum absolute atomic E-state index is 12.4. The van der Waals surface area contributed by atoms with Crippen molar-refractivity contribution in [2.75, 3.05) is 13.1 Å². The number of thiophene rings is 1. The Hall–Kier alpha value is 0.0900. The van der Waals surface area contributed by atoms with Crippen LogP contribution in [0.5, 0.6) is 0 Å². The minimum atomic E-state index is -3.26. The smallest absolute Gasteiger partial charge is 0.206 e. The molecule has 2 rings (SSSR count). The highest BCUT2D eigenvalue weighted by atomic mass is 79.9. The molecule has 1 aromatic rings. The first-order chi connectivity index (χ1) is 8.10. The second kappa shape index (κ2) is 5.82. The zero-order valence-corrected chi connectivity index (χ0v) is 12.8. The molecular formula is C11H16BrNO2S2. The van der Waals surface area contributed by atoms with Gasteiger partial charge >= 0.3 is 0 Å². The summed E-state index contributed by atoms with van der Waals surface area (Å²) in [6, 6.07) is 3.48. The summed E-state index contributed by atoms with van der Waals surface area (Å²) >= 11 is 4.60. The monoisotopic (exact) mass is 337 g/mol. The standard InChI is InChI=1S/C11H16BrNO2S2/c12-10-6-7-11(16-10)17(14,15)13-8-4-2-1-3-5-9-13/h6-7H,1-5,8-9H2. The van der Waals surface area contributed by atoms with Crippen molar-refractivity contribution < 1.29 is 8.42 Å². The average Bonchev–Trinajstić information content (AvgIpc) is 2.64. The first kappa shape index (κ1) is 13.5. The van der Waals surface area contributed by atoms with Crippen LogP contribution >= 0.6 is 27.3 Å². The van der Waals surface area contributed by atoms with E-state index < -0.39 is 10.0 Å². The summed E-state index contributed by atoms with van der Waals surface area (Å²) in [5.74, 6) is 0. The Morgan fingerprint density at radius 1 is 1.06 bits per heavy atom. The van der Waals surface area contributed by atoms with E-state index in [1.165, 1.54) is 17.8 Å². The maximum Gasteiger partial charge on any atom is 0.252 e. The Kier molecular flexibility index (Phi) is 4.63. The highest BCUT2D eigenvalue weighted by molar-refractivity contribution is 9.11. The van der Waals surface area contributed by atoms with Gasteiger partial charge in [0.05, 0.1) is 3.79 Å². The van der Waals surface area contributed by atoms with E-state index in [2.05, 4.69) is 15.9 Å². The van der Waals surface area contributed by atoms with Gasteiger partial charge in [0.15, 0.2) is 0 Å². The molecule has 17 heavy (non-hydrogen) atoms. The van der Waals surface area contributed by atoms with Gasteiger partial charge in [0, 0.05) is 13.1 Å². The SMILES string of the molecule is O=S(=O)(c1ccc(Br)s1)N1CCCCCCC1. The highest BCUT2D eigenvalue weighted by Gasteiger charge is 2.25. The molecule has 3 nitrogen and oxygen atoms in total. The van der Waals surface area contributed by atoms with Gasteiger partial charge < -0.3 is 0 Å². The Labute approximate surface area is 115 Å². The summed E-state index contributed by atoms with van der Waals surface area (Å²) in [4.78, 5) is 0. The Bertz CT molecular complexity index is 462. The van der Waals surface area contributed by atoms with Crippen LogP contribution in [-0.4, -0.2) is 25.8 Å². The molecule has 1 fully saturated rings. The molecule has 0 atom stereocenters. The number of hydrogen-bond donors (Lipinski definition) is 0. The molecule has 6 heteroatoms. The summed E-state index contributed by atoms with van der Waals surface area (Å²) < 4.78 is 27.7. The Morgan fingerprint density at radius 2 is 1.65 bits per heavy atom. The zero-order chi connectivity index (χ0) is 12.3. The first-order valence-electron chi connectivity index (χ1n) is 5.86. The lowest BCUT2D eigenvalue weighted by Gasteiger charge is -2.23. The maximum atomic E-state index is 12.4. The lowest BCUT2D eigenvalue weighted by atomic mass is 10.1. The van der Waals surface area contributed by atoms with Gasteiger partial charge in [-0.1, -0.05) is 19.3 Å². The van der Waals surface area contributed by atoms with E-state index in [0.29, 0.717) is 17.3 Å². The van der Waals surface area contributed by atoms with Crippen molar-refractivity contribution in [1.82, 2.24) is 4.31 Å². The molecule has 0 spiro atoms. The van der Waals surface area contributed by atoms with Crippen molar-refractivity contribution in [3.63, 3.8) is 0 Å². The van der Waals surface area contributed by atoms with Gasteiger partial charge in [-0.25, -0.2) is 8.42 Å². The molecule has 0 aliphatic carbocycles. The van der Waals surface area contributed by atoms with E-state index in [1.54, 1.807) is 16.4 Å². The molecule has 1 saturated heterocycles. The van der Waals surface area contributed by atoms with E-state index in [0.717, 1.165) is 29.5 Å². The molecule has 1 aliphatic rings. The lowest BCUT2D eigenvalue weighted by Crippen LogP contribution is -2.33. The quantitative estimate of drug-likeness (QED) is 0.828. The van der Waals surface area contributed by atoms with Crippen molar-refractivity contribution >= 4 is 37.3 Å². The van der Waals surface area contributed by atoms with Gasteiger partial charge in [-0.05, 0) is 40.9 Å². The normalized spacial score (nSPS) is 19.8. The van der Waals surface area contributed by atoms with Gasteiger partial charge in [-0.2, -0.15) is 4.31 Å². The van der Waals surface area contributed by atoms with Crippen molar-refractivity contribution in [3.05, 3.63) is 15.9 Å². The number of sulfonamides is 1. The van der Waals surface area contributed by atoms with Crippen LogP contribution in [0.3, 0.4) is 0 Å². The fraction of sp³-hybridized carbons (Fsp3) is 0.636. The minimum absolute atomic E-state index is 0.449. The van der Waals surface area contributed by atoms with Gasteiger partial charge in [0.1, 0.15) is 4.21 Å². The van der Waals surface area contributed by atoms with Gasteiger partial charge in [-0.3, -0.25) is 0 Å². The summed E-state index contributed by atoms with van der Waals surface area (Å²) in [5.41, 5.74) is 0. The van der Waals surface area contributed by atoms with Gasteiger partial charge in [-0.15, -0.1) is 11.3 Å². The van der Waals surface area contributed by atoms with Crippen LogP contribution in [0.25, 0.3) is 0 Å². The number of nitrogens with zero attached hydrogens (tertiary/aromatic N) is 1. The van der Waals surface area contributed by atoms with Crippen LogP contribution in [0.2, 0.25) is 0 Å². The van der Waals surface area contributed by atoms with Gasteiger partial charge in [0.2, 0.25) is 0 Å². The van der Waals surface area contributed by atoms with Crippen LogP contribution < -0.4 is 0 Å². The predicted molar refractivity (Wildman–Crippen MR) is 73.9 cm³/mol. The third-order valence-corrected chi connectivity index (χ3v) is 6.95. The van der Waals surface area contributed by atoms with Gasteiger partial charge in [0.25, 0.3) is 10.0 Å². The summed E-state index contributed by atoms with van der Waals surface area (Å²) in [7, 11) is -3.26. The number of halogens is 1. The summed E-state index contributed by atoms with van der Waals surface area (Å²) in [6.07, 6.45) is 5.47. The number of rotatable bonds is 2. The fourth-order valence-electron chi connectivity index (χ4n) is 2.02. The summed E-state index contributed by atoms with van der Waals surface area (Å²) in [6.45, 7) is 1.33. The third-order valence-electron chi connectivity index (χ3n) is 2.96. The van der Waals surface area contributed by atoms with Crippen molar-refractivity contribution in [2.45, 2.75) is 36.3 Å². The van der Waals surface area contributed by atoms with E-state index in [9.17, 15) is 8.42 Å². The molecule has 0 unspecified atom stereocenters. The van der Waals surface area contributed by atoms with Crippen molar-refractivity contribution in [2.24, 2.45) is 0 Å². The topological polar surface area (TPSA) is 37.4 Å². The number of hydrogen-bond acceptors (Lipinski definition) is 3. The van der Waals surface area contributed by atoms with Crippen LogP contribution in [0, 0.1) is 0 Å². The molecule has 1 aromatic heterocycles. The Morgan fingerprint density at radius 3 is 2.18 bits per heavy atom. The zero-order valence-electron chi connectivity index (χ0n) is 9.56. The molecule has 2 heterocycles. The third kappa shape index (κ3) is 3.30. The van der Waals surface area contributed by atoms with E-state index in [-0.39, 0.29) is 0 Å². The first-order valence-corrected chi connectivity index (χ1v) is 8.91. The Balaban J connectivity index is 2.18. The molecule has 0 radical (unpaired) electrons. The van der Waals surface area contributed by atoms with E-state index in [1.807, 2.05) is 0 Å². The molecule has 0 bridgehead atoms. The predicted octanol–water partition coefficient (Wildman–Crippen LogP) is 3.47. The molecule has 1 aliphatic heterocycles. The van der Waals surface area contributed by atoms with Crippen molar-refractivity contribution in [3.8, 4) is 0 Å². The highest BCUT2D eigenvalue weighted by Crippen LogP contribution is 2.29. The second-order valence-electron chi connectivity index (χ2n) is 4.23.